The molecule has 0 aromatic heterocycles. The molecule has 0 atom stereocenters. The van der Waals surface area contributed by atoms with E-state index in [1.807, 2.05) is 36.4 Å². The second-order valence-electron chi connectivity index (χ2n) is 5.45. The smallest absolute Gasteiger partial charge is 0.257 e. The number of hydrazine groups is 1. The molecule has 5 nitrogen and oxygen atoms in total. The molecule has 0 fully saturated rings. The summed E-state index contributed by atoms with van der Waals surface area (Å²) in [6.45, 7) is 3.90. The third kappa shape index (κ3) is 3.81. The first-order valence-corrected chi connectivity index (χ1v) is 9.08. The van der Waals surface area contributed by atoms with Crippen LogP contribution in [0.15, 0.2) is 78.2 Å². The Hall–Kier alpha value is -2.83. The van der Waals surface area contributed by atoms with Crippen LogP contribution in [0.25, 0.3) is 16.5 Å². The van der Waals surface area contributed by atoms with Gasteiger partial charge in [-0.3, -0.25) is 0 Å². The third-order valence-corrected chi connectivity index (χ3v) is 5.05. The highest BCUT2D eigenvalue weighted by Crippen LogP contribution is 2.23. The van der Waals surface area contributed by atoms with Crippen LogP contribution in [0, 0.1) is 0 Å². The summed E-state index contributed by atoms with van der Waals surface area (Å²) in [4.78, 5) is 2.52. The molecule has 3 rings (SSSR count). The van der Waals surface area contributed by atoms with Crippen LogP contribution in [-0.2, 0) is 10.0 Å². The number of rotatable bonds is 6. The first-order valence-electron chi connectivity index (χ1n) is 7.59. The summed E-state index contributed by atoms with van der Waals surface area (Å²) < 4.78 is 29.7. The lowest BCUT2D eigenvalue weighted by atomic mass is 10.1. The van der Waals surface area contributed by atoms with Gasteiger partial charge in [0, 0.05) is 5.70 Å². The molecule has 0 saturated carbocycles. The van der Waals surface area contributed by atoms with Gasteiger partial charge in [0.2, 0.25) is 0 Å². The van der Waals surface area contributed by atoms with Crippen molar-refractivity contribution >= 4 is 26.5 Å². The minimum atomic E-state index is -3.65. The summed E-state index contributed by atoms with van der Waals surface area (Å²) >= 11 is 0. The maximum Gasteiger partial charge on any atom is 0.257 e. The van der Waals surface area contributed by atoms with Crippen molar-refractivity contribution in [3.8, 4) is 5.75 Å². The molecule has 0 unspecified atom stereocenters. The Labute approximate surface area is 147 Å². The predicted molar refractivity (Wildman–Crippen MR) is 99.4 cm³/mol. The van der Waals surface area contributed by atoms with Crippen molar-refractivity contribution in [1.29, 1.82) is 0 Å². The standard InChI is InChI=1S/C19H18N2O3S/c1-14(20-21-25(22,23)19-6-4-3-5-7-19)15-8-9-17-13-18(24-2)11-10-16(17)12-15/h3-13,20-21H,1H2,2H3. The molecule has 0 amide bonds. The fourth-order valence-corrected chi connectivity index (χ4v) is 3.29. The van der Waals surface area contributed by atoms with Crippen molar-refractivity contribution < 1.29 is 13.2 Å². The number of methoxy groups -OCH3 is 1. The van der Waals surface area contributed by atoms with Crippen LogP contribution in [0.1, 0.15) is 5.56 Å². The molecule has 0 aliphatic rings. The van der Waals surface area contributed by atoms with Crippen molar-refractivity contribution in [3.05, 3.63) is 78.9 Å². The predicted octanol–water partition coefficient (Wildman–Crippen LogP) is 3.30. The molecule has 0 aliphatic heterocycles. The number of benzene rings is 3. The average molecular weight is 354 g/mol. The molecule has 0 radical (unpaired) electrons. The van der Waals surface area contributed by atoms with Gasteiger partial charge in [0.25, 0.3) is 10.0 Å². The minimum Gasteiger partial charge on any atom is -0.497 e. The van der Waals surface area contributed by atoms with Crippen molar-refractivity contribution in [1.82, 2.24) is 10.3 Å². The molecular formula is C19H18N2O3S. The highest BCUT2D eigenvalue weighted by atomic mass is 32.2. The molecule has 25 heavy (non-hydrogen) atoms. The number of sulfonamides is 1. The Bertz CT molecular complexity index is 1020. The van der Waals surface area contributed by atoms with Crippen molar-refractivity contribution in [2.75, 3.05) is 7.11 Å². The number of ether oxygens (including phenoxy) is 1. The zero-order chi connectivity index (χ0) is 17.9. The lowest BCUT2D eigenvalue weighted by Crippen LogP contribution is -2.35. The van der Waals surface area contributed by atoms with Crippen LogP contribution >= 0.6 is 0 Å². The van der Waals surface area contributed by atoms with E-state index in [1.54, 1.807) is 25.3 Å². The molecule has 0 bridgehead atoms. The molecule has 6 heteroatoms. The van der Waals surface area contributed by atoms with Crippen LogP contribution in [0.5, 0.6) is 5.75 Å². The van der Waals surface area contributed by atoms with Gasteiger partial charge in [-0.15, -0.1) is 4.83 Å². The van der Waals surface area contributed by atoms with Gasteiger partial charge in [0.05, 0.1) is 12.0 Å². The molecule has 0 aliphatic carbocycles. The fourth-order valence-electron chi connectivity index (χ4n) is 2.40. The van der Waals surface area contributed by atoms with Gasteiger partial charge in [-0.05, 0) is 46.7 Å². The Kier molecular flexibility index (Phi) is 4.74. The van der Waals surface area contributed by atoms with Gasteiger partial charge in [0.1, 0.15) is 5.75 Å². The third-order valence-electron chi connectivity index (χ3n) is 3.79. The summed E-state index contributed by atoms with van der Waals surface area (Å²) in [6, 6.07) is 19.6. The normalized spacial score (nSPS) is 11.2. The maximum atomic E-state index is 12.2. The minimum absolute atomic E-state index is 0.181. The SMILES string of the molecule is C=C(NNS(=O)(=O)c1ccccc1)c1ccc2cc(OC)ccc2c1. The van der Waals surface area contributed by atoms with E-state index in [4.69, 9.17) is 4.74 Å². The maximum absolute atomic E-state index is 12.2. The molecule has 0 heterocycles. The van der Waals surface area contributed by atoms with Crippen LogP contribution in [0.3, 0.4) is 0 Å². The molecule has 3 aromatic rings. The Morgan fingerprint density at radius 1 is 0.960 bits per heavy atom. The van der Waals surface area contributed by atoms with Crippen molar-refractivity contribution in [3.63, 3.8) is 0 Å². The first-order chi connectivity index (χ1) is 12.0. The van der Waals surface area contributed by atoms with Crippen LogP contribution in [0.2, 0.25) is 0 Å². The van der Waals surface area contributed by atoms with Crippen molar-refractivity contribution in [2.45, 2.75) is 4.90 Å². The van der Waals surface area contributed by atoms with Gasteiger partial charge in [0.15, 0.2) is 0 Å². The molecule has 0 spiro atoms. The highest BCUT2D eigenvalue weighted by Gasteiger charge is 2.13. The summed E-state index contributed by atoms with van der Waals surface area (Å²) in [5, 5.41) is 2.04. The first kappa shape index (κ1) is 17.0. The Morgan fingerprint density at radius 3 is 2.36 bits per heavy atom. The molecule has 2 N–H and O–H groups in total. The topological polar surface area (TPSA) is 67.4 Å². The van der Waals surface area contributed by atoms with Gasteiger partial charge in [-0.25, -0.2) is 8.42 Å². The number of fused-ring (bicyclic) bond motifs is 1. The largest absolute Gasteiger partial charge is 0.497 e. The Morgan fingerprint density at radius 2 is 1.64 bits per heavy atom. The Balaban J connectivity index is 1.76. The van der Waals surface area contributed by atoms with E-state index >= 15 is 0 Å². The molecule has 0 saturated heterocycles. The fraction of sp³-hybridized carbons (Fsp3) is 0.0526. The van der Waals surface area contributed by atoms with E-state index in [9.17, 15) is 8.42 Å². The number of nitrogens with one attached hydrogen (secondary N) is 2. The van der Waals surface area contributed by atoms with Crippen LogP contribution < -0.4 is 15.0 Å². The highest BCUT2D eigenvalue weighted by molar-refractivity contribution is 7.89. The molecule has 128 valence electrons. The second kappa shape index (κ2) is 6.96. The van der Waals surface area contributed by atoms with Gasteiger partial charge >= 0.3 is 0 Å². The zero-order valence-electron chi connectivity index (χ0n) is 13.7. The van der Waals surface area contributed by atoms with Gasteiger partial charge in [-0.2, -0.15) is 0 Å². The summed E-state index contributed by atoms with van der Waals surface area (Å²) in [6.07, 6.45) is 0. The van der Waals surface area contributed by atoms with Gasteiger partial charge < -0.3 is 10.2 Å². The summed E-state index contributed by atoms with van der Waals surface area (Å²) in [5.41, 5.74) is 3.91. The van der Waals surface area contributed by atoms with E-state index < -0.39 is 10.0 Å². The second-order valence-corrected chi connectivity index (χ2v) is 7.13. The van der Waals surface area contributed by atoms with E-state index in [2.05, 4.69) is 16.8 Å². The lowest BCUT2D eigenvalue weighted by Gasteiger charge is -2.12. The quantitative estimate of drug-likeness (QED) is 0.667. The van der Waals surface area contributed by atoms with E-state index in [0.29, 0.717) is 5.70 Å². The monoisotopic (exact) mass is 354 g/mol. The molecular weight excluding hydrogens is 336 g/mol. The van der Waals surface area contributed by atoms with Gasteiger partial charge in [-0.1, -0.05) is 43.0 Å². The summed E-state index contributed by atoms with van der Waals surface area (Å²) in [7, 11) is -2.03. The summed E-state index contributed by atoms with van der Waals surface area (Å²) in [5.74, 6) is 0.785. The van der Waals surface area contributed by atoms with Crippen LogP contribution in [-0.4, -0.2) is 15.5 Å². The van der Waals surface area contributed by atoms with Crippen molar-refractivity contribution in [2.24, 2.45) is 0 Å². The van der Waals surface area contributed by atoms with E-state index in [1.165, 1.54) is 12.1 Å². The zero-order valence-corrected chi connectivity index (χ0v) is 14.5. The lowest BCUT2D eigenvalue weighted by molar-refractivity contribution is 0.415. The number of hydrogen-bond donors (Lipinski definition) is 2. The average Bonchev–Trinajstić information content (AvgIpc) is 2.66. The van der Waals surface area contributed by atoms with E-state index in [0.717, 1.165) is 22.1 Å². The molecule has 3 aromatic carbocycles. The number of hydrogen-bond acceptors (Lipinski definition) is 4. The van der Waals surface area contributed by atoms with Crippen LogP contribution in [0.4, 0.5) is 0 Å². The van der Waals surface area contributed by atoms with E-state index in [-0.39, 0.29) is 4.90 Å².